The molecule has 264 valence electrons. The Morgan fingerprint density at radius 3 is 2.60 bits per heavy atom. The number of carbonyl (C=O) groups excluding carboxylic acids is 2. The molecule has 1 aromatic heterocycles. The van der Waals surface area contributed by atoms with Gasteiger partial charge in [-0.05, 0) is 118 Å². The lowest BCUT2D eigenvalue weighted by Crippen LogP contribution is -2.57. The van der Waals surface area contributed by atoms with Gasteiger partial charge in [-0.1, -0.05) is 77.8 Å². The maximum Gasteiger partial charge on any atom is 0.307 e. The molecule has 5 aliphatic carbocycles. The minimum absolute atomic E-state index is 0.0527. The van der Waals surface area contributed by atoms with Crippen molar-refractivity contribution in [3.05, 3.63) is 47.2 Å². The number of fused-ring (bicyclic) bond motifs is 5. The number of aldehydes is 1. The van der Waals surface area contributed by atoms with Crippen LogP contribution in [0.4, 0.5) is 0 Å². The molecule has 3 saturated carbocycles. The van der Waals surface area contributed by atoms with E-state index in [1.807, 2.05) is 13.1 Å². The van der Waals surface area contributed by atoms with Crippen molar-refractivity contribution in [3.8, 4) is 0 Å². The Morgan fingerprint density at radius 2 is 1.92 bits per heavy atom. The Morgan fingerprint density at radius 1 is 1.15 bits per heavy atom. The van der Waals surface area contributed by atoms with Crippen LogP contribution in [0.15, 0.2) is 40.0 Å². The summed E-state index contributed by atoms with van der Waals surface area (Å²) in [7, 11) is 0. The molecule has 6 heteroatoms. The summed E-state index contributed by atoms with van der Waals surface area (Å²) in [5.74, 6) is 4.61. The zero-order valence-electron chi connectivity index (χ0n) is 30.9. The number of aromatic nitrogens is 1. The third-order valence-electron chi connectivity index (χ3n) is 14.2. The number of ether oxygens (including phenoxy) is 1. The summed E-state index contributed by atoms with van der Waals surface area (Å²) in [6, 6.07) is 0. The smallest absolute Gasteiger partial charge is 0.307 e. The fraction of sp³-hybridized carbons (Fsp3) is 0.738. The molecule has 0 spiro atoms. The van der Waals surface area contributed by atoms with Crippen molar-refractivity contribution in [1.82, 2.24) is 4.98 Å². The standard InChI is InChI=1S/C42H60ClNO4/c1-26(2)31-17-21-42(38-44-24-34(48-38)29-9-11-30(43)12-10-29)22-18-33-32(37(31)42)13-14-35-40(7,27(3)15-19-41(33,35)8)20-16-28(4)47-36(46)23-39(5,6)25-45/h9-11,24-28,30,32-33,35H,12-23H2,1-8H3. The molecule has 1 aromatic rings. The van der Waals surface area contributed by atoms with Gasteiger partial charge in [-0.2, -0.15) is 0 Å². The number of rotatable bonds is 10. The zero-order chi connectivity index (χ0) is 34.6. The van der Waals surface area contributed by atoms with Crippen LogP contribution >= 0.6 is 11.6 Å². The minimum Gasteiger partial charge on any atom is -0.463 e. The van der Waals surface area contributed by atoms with Gasteiger partial charge in [0.15, 0.2) is 5.76 Å². The number of nitrogens with zero attached hydrogens (tertiary/aromatic N) is 1. The van der Waals surface area contributed by atoms with E-state index in [0.717, 1.165) is 62.0 Å². The third-order valence-corrected chi connectivity index (χ3v) is 14.5. The molecule has 0 aromatic carbocycles. The van der Waals surface area contributed by atoms with Gasteiger partial charge >= 0.3 is 5.97 Å². The van der Waals surface area contributed by atoms with Gasteiger partial charge in [0.1, 0.15) is 6.29 Å². The molecule has 6 rings (SSSR count). The highest BCUT2D eigenvalue weighted by molar-refractivity contribution is 6.22. The van der Waals surface area contributed by atoms with Crippen molar-refractivity contribution in [2.75, 3.05) is 0 Å². The zero-order valence-corrected chi connectivity index (χ0v) is 31.6. The summed E-state index contributed by atoms with van der Waals surface area (Å²) in [4.78, 5) is 29.1. The first kappa shape index (κ1) is 35.7. The SMILES string of the molecule is CC(CCC1(C)C(C)CCC2(C)C3CCC4(c5ncc(C6=CCC(Cl)C=C6)o5)CCC(C(C)C)=C4C3CCC12)OC(=O)CC(C)(C)C=O. The van der Waals surface area contributed by atoms with E-state index in [1.54, 1.807) is 25.0 Å². The average molecular weight is 678 g/mol. The van der Waals surface area contributed by atoms with E-state index in [0.29, 0.717) is 29.6 Å². The van der Waals surface area contributed by atoms with Gasteiger partial charge < -0.3 is 13.9 Å². The van der Waals surface area contributed by atoms with Gasteiger partial charge in [0.2, 0.25) is 5.89 Å². The monoisotopic (exact) mass is 677 g/mol. The van der Waals surface area contributed by atoms with Crippen LogP contribution in [0, 0.1) is 45.8 Å². The fourth-order valence-electron chi connectivity index (χ4n) is 11.3. The second kappa shape index (κ2) is 13.2. The van der Waals surface area contributed by atoms with E-state index in [1.165, 1.54) is 32.1 Å². The summed E-state index contributed by atoms with van der Waals surface area (Å²) < 4.78 is 12.6. The lowest BCUT2D eigenvalue weighted by atomic mass is 9.40. The molecule has 9 atom stereocenters. The Labute approximate surface area is 294 Å². The van der Waals surface area contributed by atoms with Crippen LogP contribution < -0.4 is 0 Å². The molecule has 3 fully saturated rings. The highest BCUT2D eigenvalue weighted by atomic mass is 35.5. The molecule has 0 amide bonds. The van der Waals surface area contributed by atoms with Crippen molar-refractivity contribution in [2.24, 2.45) is 45.8 Å². The van der Waals surface area contributed by atoms with Crippen LogP contribution in [0.3, 0.4) is 0 Å². The number of carbonyl (C=O) groups is 2. The molecule has 0 saturated heterocycles. The molecule has 5 aliphatic rings. The Kier molecular flexibility index (Phi) is 9.81. The van der Waals surface area contributed by atoms with Gasteiger partial charge in [-0.3, -0.25) is 4.79 Å². The van der Waals surface area contributed by atoms with Crippen molar-refractivity contribution in [2.45, 2.75) is 149 Å². The maximum absolute atomic E-state index is 12.6. The average Bonchev–Trinajstić information content (AvgIpc) is 3.69. The molecule has 48 heavy (non-hydrogen) atoms. The van der Waals surface area contributed by atoms with Crippen LogP contribution in [0.5, 0.6) is 0 Å². The number of allylic oxidation sites excluding steroid dienone is 6. The van der Waals surface area contributed by atoms with E-state index in [4.69, 9.17) is 25.7 Å². The van der Waals surface area contributed by atoms with Gasteiger partial charge in [0.05, 0.1) is 29.5 Å². The van der Waals surface area contributed by atoms with Crippen LogP contribution in [0.1, 0.15) is 144 Å². The largest absolute Gasteiger partial charge is 0.463 e. The van der Waals surface area contributed by atoms with Gasteiger partial charge in [-0.25, -0.2) is 4.98 Å². The first-order chi connectivity index (χ1) is 22.6. The molecule has 0 radical (unpaired) electrons. The van der Waals surface area contributed by atoms with Crippen LogP contribution in [0.25, 0.3) is 5.57 Å². The Hall–Kier alpha value is -2.14. The first-order valence-electron chi connectivity index (χ1n) is 19.0. The number of halogens is 1. The quantitative estimate of drug-likeness (QED) is 0.107. The highest BCUT2D eigenvalue weighted by Crippen LogP contribution is 2.70. The van der Waals surface area contributed by atoms with E-state index < -0.39 is 5.41 Å². The summed E-state index contributed by atoms with van der Waals surface area (Å²) in [6.45, 7) is 18.1. The van der Waals surface area contributed by atoms with Gasteiger partial charge in [-0.15, -0.1) is 11.6 Å². The van der Waals surface area contributed by atoms with Crippen molar-refractivity contribution in [3.63, 3.8) is 0 Å². The lowest BCUT2D eigenvalue weighted by molar-refractivity contribution is -0.155. The highest BCUT2D eigenvalue weighted by Gasteiger charge is 2.63. The minimum atomic E-state index is -0.684. The number of hydrogen-bond acceptors (Lipinski definition) is 5. The summed E-state index contributed by atoms with van der Waals surface area (Å²) in [5, 5.41) is 0.0527. The molecule has 9 unspecified atom stereocenters. The number of oxazole rings is 1. The predicted octanol–water partition coefficient (Wildman–Crippen LogP) is 10.8. The molecular weight excluding hydrogens is 618 g/mol. The summed E-state index contributed by atoms with van der Waals surface area (Å²) in [6.07, 6.45) is 21.5. The third kappa shape index (κ3) is 6.21. The summed E-state index contributed by atoms with van der Waals surface area (Å²) >= 11 is 6.33. The van der Waals surface area contributed by atoms with Crippen LogP contribution in [0.2, 0.25) is 0 Å². The van der Waals surface area contributed by atoms with Gasteiger partial charge in [0.25, 0.3) is 0 Å². The van der Waals surface area contributed by atoms with Crippen molar-refractivity contribution < 1.29 is 18.7 Å². The normalized spacial score (nSPS) is 37.0. The van der Waals surface area contributed by atoms with Crippen molar-refractivity contribution in [1.29, 1.82) is 0 Å². The Balaban J connectivity index is 1.24. The lowest BCUT2D eigenvalue weighted by Gasteiger charge is -2.65. The number of esters is 1. The predicted molar refractivity (Wildman–Crippen MR) is 193 cm³/mol. The molecule has 0 aliphatic heterocycles. The first-order valence-corrected chi connectivity index (χ1v) is 19.5. The van der Waals surface area contributed by atoms with E-state index in [2.05, 4.69) is 52.8 Å². The topological polar surface area (TPSA) is 69.4 Å². The second-order valence-electron chi connectivity index (χ2n) is 17.9. The van der Waals surface area contributed by atoms with E-state index >= 15 is 0 Å². The molecule has 1 heterocycles. The van der Waals surface area contributed by atoms with Crippen LogP contribution in [-0.2, 0) is 19.7 Å². The number of hydrogen-bond donors (Lipinski definition) is 0. The van der Waals surface area contributed by atoms with E-state index in [9.17, 15) is 9.59 Å². The Bertz CT molecular complexity index is 1480. The molecule has 0 N–H and O–H groups in total. The molecular formula is C42H60ClNO4. The van der Waals surface area contributed by atoms with E-state index in [-0.39, 0.29) is 40.1 Å². The number of alkyl halides is 1. The fourth-order valence-corrected chi connectivity index (χ4v) is 11.5. The molecule has 0 bridgehead atoms. The maximum atomic E-state index is 12.6. The van der Waals surface area contributed by atoms with Crippen LogP contribution in [-0.4, -0.2) is 28.7 Å². The second-order valence-corrected chi connectivity index (χ2v) is 18.5. The van der Waals surface area contributed by atoms with Crippen molar-refractivity contribution >= 4 is 29.4 Å². The van der Waals surface area contributed by atoms with Gasteiger partial charge in [0, 0.05) is 11.0 Å². The molecule has 5 nitrogen and oxygen atoms in total. The summed E-state index contributed by atoms with van der Waals surface area (Å²) in [5.41, 5.74) is 4.18.